The van der Waals surface area contributed by atoms with Crippen molar-refractivity contribution in [1.29, 1.82) is 0 Å². The van der Waals surface area contributed by atoms with Crippen LogP contribution in [-0.2, 0) is 11.2 Å². The zero-order chi connectivity index (χ0) is 13.5. The first-order chi connectivity index (χ1) is 9.25. The topological polar surface area (TPSA) is 45.2 Å². The van der Waals surface area contributed by atoms with Gasteiger partial charge in [0.15, 0.2) is 0 Å². The summed E-state index contributed by atoms with van der Waals surface area (Å²) in [6.07, 6.45) is 8.12. The van der Waals surface area contributed by atoms with Crippen LogP contribution in [0.15, 0.2) is 11.6 Å². The van der Waals surface area contributed by atoms with Gasteiger partial charge in [-0.25, -0.2) is 4.98 Å². The zero-order valence-electron chi connectivity index (χ0n) is 11.6. The molecule has 1 unspecified atom stereocenters. The van der Waals surface area contributed by atoms with E-state index in [-0.39, 0.29) is 5.91 Å². The Morgan fingerprint density at radius 3 is 3.21 bits per heavy atom. The molecule has 106 valence electrons. The summed E-state index contributed by atoms with van der Waals surface area (Å²) in [5, 5.41) is 6.04. The van der Waals surface area contributed by atoms with Crippen molar-refractivity contribution in [3.63, 3.8) is 0 Å². The Labute approximate surface area is 119 Å². The molecule has 19 heavy (non-hydrogen) atoms. The predicted octanol–water partition coefficient (Wildman–Crippen LogP) is 2.07. The molecule has 1 atom stereocenters. The number of amides is 1. The fraction of sp³-hybridized carbons (Fsp3) is 0.714. The lowest BCUT2D eigenvalue weighted by molar-refractivity contribution is -0.121. The van der Waals surface area contributed by atoms with Crippen LogP contribution < -0.4 is 5.32 Å². The van der Waals surface area contributed by atoms with E-state index in [1.165, 1.54) is 25.8 Å². The van der Waals surface area contributed by atoms with Crippen LogP contribution >= 0.6 is 11.3 Å². The van der Waals surface area contributed by atoms with Crippen LogP contribution in [0.1, 0.15) is 37.1 Å². The van der Waals surface area contributed by atoms with Crippen LogP contribution in [0.2, 0.25) is 0 Å². The highest BCUT2D eigenvalue weighted by Gasteiger charge is 2.19. The number of nitrogens with zero attached hydrogens (tertiary/aromatic N) is 2. The summed E-state index contributed by atoms with van der Waals surface area (Å²) in [6, 6.07) is 0.596. The second-order valence-corrected chi connectivity index (χ2v) is 6.17. The number of hydrogen-bond acceptors (Lipinski definition) is 4. The average Bonchev–Trinajstić information content (AvgIpc) is 2.91. The van der Waals surface area contributed by atoms with E-state index in [1.54, 1.807) is 17.5 Å². The Balaban J connectivity index is 1.59. The van der Waals surface area contributed by atoms with Gasteiger partial charge in [0.1, 0.15) is 0 Å². The summed E-state index contributed by atoms with van der Waals surface area (Å²) >= 11 is 1.64. The highest BCUT2D eigenvalue weighted by Crippen LogP contribution is 2.18. The number of rotatable bonds is 6. The molecule has 0 spiro atoms. The highest BCUT2D eigenvalue weighted by atomic mass is 32.1. The van der Waals surface area contributed by atoms with Gasteiger partial charge in [0.05, 0.1) is 5.01 Å². The molecular formula is C14H23N3OS. The molecule has 0 aliphatic carbocycles. The first kappa shape index (κ1) is 14.5. The van der Waals surface area contributed by atoms with Crippen LogP contribution in [0.5, 0.6) is 0 Å². The average molecular weight is 281 g/mol. The minimum Gasteiger partial charge on any atom is -0.356 e. The standard InChI is InChI=1S/C14H23N3OS/c1-17-10-3-2-4-12(17)5-6-13(18)15-8-7-14-16-9-11-19-14/h9,11-12H,2-8,10H2,1H3,(H,15,18). The van der Waals surface area contributed by atoms with Crippen molar-refractivity contribution in [3.05, 3.63) is 16.6 Å². The second-order valence-electron chi connectivity index (χ2n) is 5.19. The minimum atomic E-state index is 0.176. The van der Waals surface area contributed by atoms with Crippen molar-refractivity contribution in [2.45, 2.75) is 44.6 Å². The summed E-state index contributed by atoms with van der Waals surface area (Å²) < 4.78 is 0. The lowest BCUT2D eigenvalue weighted by Crippen LogP contribution is -2.37. The van der Waals surface area contributed by atoms with E-state index in [1.807, 2.05) is 5.38 Å². The van der Waals surface area contributed by atoms with Crippen molar-refractivity contribution < 1.29 is 4.79 Å². The molecule has 1 amide bonds. The molecule has 1 saturated heterocycles. The molecule has 1 aliphatic rings. The summed E-state index contributed by atoms with van der Waals surface area (Å²) in [5.41, 5.74) is 0. The summed E-state index contributed by atoms with van der Waals surface area (Å²) in [6.45, 7) is 1.88. The summed E-state index contributed by atoms with van der Waals surface area (Å²) in [5.74, 6) is 0.176. The lowest BCUT2D eigenvalue weighted by atomic mass is 9.98. The number of likely N-dealkylation sites (tertiary alicyclic amines) is 1. The first-order valence-corrected chi connectivity index (χ1v) is 7.99. The molecule has 0 radical (unpaired) electrons. The van der Waals surface area contributed by atoms with E-state index in [0.29, 0.717) is 19.0 Å². The number of piperidine rings is 1. The number of carbonyl (C=O) groups excluding carboxylic acids is 1. The van der Waals surface area contributed by atoms with Gasteiger partial charge < -0.3 is 10.2 Å². The second kappa shape index (κ2) is 7.60. The quantitative estimate of drug-likeness (QED) is 0.868. The lowest BCUT2D eigenvalue weighted by Gasteiger charge is -2.32. The molecule has 2 rings (SSSR count). The molecule has 5 heteroatoms. The first-order valence-electron chi connectivity index (χ1n) is 7.11. The molecule has 0 bridgehead atoms. The van der Waals surface area contributed by atoms with Gasteiger partial charge in [-0.05, 0) is 32.9 Å². The van der Waals surface area contributed by atoms with E-state index in [9.17, 15) is 4.79 Å². The van der Waals surface area contributed by atoms with Crippen LogP contribution in [0.4, 0.5) is 0 Å². The van der Waals surface area contributed by atoms with Gasteiger partial charge in [0.2, 0.25) is 5.91 Å². The Morgan fingerprint density at radius 1 is 1.58 bits per heavy atom. The van der Waals surface area contributed by atoms with Gasteiger partial charge in [0, 0.05) is 37.0 Å². The Kier molecular flexibility index (Phi) is 5.79. The van der Waals surface area contributed by atoms with E-state index < -0.39 is 0 Å². The highest BCUT2D eigenvalue weighted by molar-refractivity contribution is 7.09. The minimum absolute atomic E-state index is 0.176. The van der Waals surface area contributed by atoms with Gasteiger partial charge in [0.25, 0.3) is 0 Å². The maximum absolute atomic E-state index is 11.8. The molecule has 0 saturated carbocycles. The van der Waals surface area contributed by atoms with Gasteiger partial charge in [-0.15, -0.1) is 11.3 Å². The zero-order valence-corrected chi connectivity index (χ0v) is 12.4. The SMILES string of the molecule is CN1CCCCC1CCC(=O)NCCc1nccs1. The Hall–Kier alpha value is -0.940. The maximum Gasteiger partial charge on any atom is 0.220 e. The van der Waals surface area contributed by atoms with Gasteiger partial charge >= 0.3 is 0 Å². The fourth-order valence-corrected chi connectivity index (χ4v) is 3.20. The molecule has 1 fully saturated rings. The fourth-order valence-electron chi connectivity index (χ4n) is 2.58. The smallest absolute Gasteiger partial charge is 0.220 e. The number of aromatic nitrogens is 1. The van der Waals surface area contributed by atoms with Crippen LogP contribution in [0, 0.1) is 0 Å². The Bertz CT molecular complexity index is 380. The number of carbonyl (C=O) groups is 1. The monoisotopic (exact) mass is 281 g/mol. The molecule has 1 aromatic rings. The predicted molar refractivity (Wildman–Crippen MR) is 78.3 cm³/mol. The number of nitrogens with one attached hydrogen (secondary N) is 1. The third kappa shape index (κ3) is 4.91. The molecule has 4 nitrogen and oxygen atoms in total. The Morgan fingerprint density at radius 2 is 2.47 bits per heavy atom. The summed E-state index contributed by atoms with van der Waals surface area (Å²) in [4.78, 5) is 18.4. The third-order valence-corrected chi connectivity index (χ3v) is 4.61. The van der Waals surface area contributed by atoms with E-state index in [2.05, 4.69) is 22.2 Å². The van der Waals surface area contributed by atoms with E-state index in [0.717, 1.165) is 17.8 Å². The maximum atomic E-state index is 11.8. The molecule has 1 aromatic heterocycles. The van der Waals surface area contributed by atoms with Gasteiger partial charge in [-0.1, -0.05) is 6.42 Å². The third-order valence-electron chi connectivity index (χ3n) is 3.77. The van der Waals surface area contributed by atoms with Crippen LogP contribution in [0.3, 0.4) is 0 Å². The van der Waals surface area contributed by atoms with E-state index in [4.69, 9.17) is 0 Å². The van der Waals surface area contributed by atoms with Gasteiger partial charge in [-0.3, -0.25) is 4.79 Å². The normalized spacial score (nSPS) is 20.4. The molecule has 0 aromatic carbocycles. The molecular weight excluding hydrogens is 258 g/mol. The molecule has 1 aliphatic heterocycles. The number of thiazole rings is 1. The molecule has 2 heterocycles. The van der Waals surface area contributed by atoms with Gasteiger partial charge in [-0.2, -0.15) is 0 Å². The van der Waals surface area contributed by atoms with Crippen molar-refractivity contribution in [3.8, 4) is 0 Å². The van der Waals surface area contributed by atoms with Crippen molar-refractivity contribution in [2.75, 3.05) is 20.1 Å². The van der Waals surface area contributed by atoms with E-state index >= 15 is 0 Å². The van der Waals surface area contributed by atoms with Crippen LogP contribution in [-0.4, -0.2) is 42.0 Å². The summed E-state index contributed by atoms with van der Waals surface area (Å²) in [7, 11) is 2.17. The molecule has 1 N–H and O–H groups in total. The van der Waals surface area contributed by atoms with Crippen molar-refractivity contribution in [2.24, 2.45) is 0 Å². The largest absolute Gasteiger partial charge is 0.356 e. The number of hydrogen-bond donors (Lipinski definition) is 1. The van der Waals surface area contributed by atoms with Crippen molar-refractivity contribution >= 4 is 17.2 Å². The van der Waals surface area contributed by atoms with Crippen LogP contribution in [0.25, 0.3) is 0 Å². The van der Waals surface area contributed by atoms with Crippen molar-refractivity contribution in [1.82, 2.24) is 15.2 Å².